The second-order valence-corrected chi connectivity index (χ2v) is 8.32. The minimum atomic E-state index is -0.196. The van der Waals surface area contributed by atoms with Crippen LogP contribution in [0.25, 0.3) is 5.57 Å². The third-order valence-electron chi connectivity index (χ3n) is 5.30. The minimum Gasteiger partial charge on any atom is -0.494 e. The summed E-state index contributed by atoms with van der Waals surface area (Å²) in [5.41, 5.74) is 1.20. The molecule has 0 spiro atoms. The molecule has 3 rings (SSSR count). The Balaban J connectivity index is 1.90. The Labute approximate surface area is 171 Å². The van der Waals surface area contributed by atoms with E-state index in [1.807, 2.05) is 31.2 Å². The highest BCUT2D eigenvalue weighted by atomic mass is 32.2. The number of carbonyl (C=O) groups is 2. The van der Waals surface area contributed by atoms with E-state index in [-0.39, 0.29) is 24.5 Å². The Bertz CT molecular complexity index is 721. The van der Waals surface area contributed by atoms with Crippen LogP contribution in [0.5, 0.6) is 5.75 Å². The number of hydrogen-bond donors (Lipinski definition) is 1. The predicted molar refractivity (Wildman–Crippen MR) is 112 cm³/mol. The second kappa shape index (κ2) is 10.1. The van der Waals surface area contributed by atoms with Crippen LogP contribution in [0.3, 0.4) is 0 Å². The largest absolute Gasteiger partial charge is 0.494 e. The van der Waals surface area contributed by atoms with Crippen LogP contribution in [-0.4, -0.2) is 46.8 Å². The minimum absolute atomic E-state index is 0.0229. The van der Waals surface area contributed by atoms with Gasteiger partial charge in [0.05, 0.1) is 23.7 Å². The molecule has 2 aliphatic rings. The molecule has 1 aliphatic carbocycles. The van der Waals surface area contributed by atoms with Crippen molar-refractivity contribution < 1.29 is 19.4 Å². The van der Waals surface area contributed by atoms with E-state index in [0.29, 0.717) is 22.8 Å². The highest BCUT2D eigenvalue weighted by Gasteiger charge is 2.42. The number of nitrogens with zero attached hydrogens (tertiary/aromatic N) is 1. The van der Waals surface area contributed by atoms with Crippen LogP contribution >= 0.6 is 11.8 Å². The molecule has 0 radical (unpaired) electrons. The number of thioether (sulfide) groups is 1. The molecule has 1 aromatic rings. The maximum atomic E-state index is 13.3. The smallest absolute Gasteiger partial charge is 0.268 e. The SMILES string of the molecule is CCOc1ccc(C2=C(SCCO)C(=O)N(C3CCCCCCC3)C2=O)cc1. The zero-order valence-electron chi connectivity index (χ0n) is 16.5. The number of amides is 2. The lowest BCUT2D eigenvalue weighted by molar-refractivity contribution is -0.139. The van der Waals surface area contributed by atoms with E-state index >= 15 is 0 Å². The van der Waals surface area contributed by atoms with E-state index in [1.54, 1.807) is 0 Å². The van der Waals surface area contributed by atoms with Gasteiger partial charge in [0.15, 0.2) is 0 Å². The van der Waals surface area contributed by atoms with Crippen LogP contribution in [0.2, 0.25) is 0 Å². The molecule has 6 heteroatoms. The van der Waals surface area contributed by atoms with E-state index in [0.717, 1.165) is 49.8 Å². The predicted octanol–water partition coefficient (Wildman–Crippen LogP) is 4.00. The third kappa shape index (κ3) is 4.61. The molecule has 1 aliphatic heterocycles. The number of aliphatic hydroxyl groups is 1. The Morgan fingerprint density at radius 2 is 1.68 bits per heavy atom. The summed E-state index contributed by atoms with van der Waals surface area (Å²) in [5, 5.41) is 9.24. The number of carbonyl (C=O) groups excluding carboxylic acids is 2. The van der Waals surface area contributed by atoms with Gasteiger partial charge in [0.1, 0.15) is 5.75 Å². The van der Waals surface area contributed by atoms with Crippen LogP contribution in [0, 0.1) is 0 Å². The fourth-order valence-corrected chi connectivity index (χ4v) is 4.84. The van der Waals surface area contributed by atoms with Crippen molar-refractivity contribution in [3.63, 3.8) is 0 Å². The highest BCUT2D eigenvalue weighted by Crippen LogP contribution is 2.39. The standard InChI is InChI=1S/C22H29NO4S/c1-2-27-18-12-10-16(11-13-18)19-20(28-15-14-24)22(26)23(21(19)25)17-8-6-4-3-5-7-9-17/h10-13,17,24H,2-9,14-15H2,1H3. The number of imide groups is 1. The molecule has 1 heterocycles. The van der Waals surface area contributed by atoms with Crippen LogP contribution in [0.4, 0.5) is 0 Å². The van der Waals surface area contributed by atoms with Gasteiger partial charge in [0, 0.05) is 11.8 Å². The number of rotatable bonds is 7. The lowest BCUT2D eigenvalue weighted by Gasteiger charge is -2.28. The number of benzene rings is 1. The maximum absolute atomic E-state index is 13.3. The molecule has 0 unspecified atom stereocenters. The summed E-state index contributed by atoms with van der Waals surface area (Å²) in [4.78, 5) is 28.5. The lowest BCUT2D eigenvalue weighted by atomic mass is 9.95. The van der Waals surface area contributed by atoms with Crippen molar-refractivity contribution in [2.24, 2.45) is 0 Å². The molecule has 0 aromatic heterocycles. The Morgan fingerprint density at radius 3 is 2.29 bits per heavy atom. The van der Waals surface area contributed by atoms with Gasteiger partial charge in [-0.25, -0.2) is 0 Å². The topological polar surface area (TPSA) is 66.8 Å². The van der Waals surface area contributed by atoms with Gasteiger partial charge in [0.25, 0.3) is 11.8 Å². The Hall–Kier alpha value is -1.79. The summed E-state index contributed by atoms with van der Waals surface area (Å²) in [5.74, 6) is 0.746. The molecule has 1 fully saturated rings. The van der Waals surface area contributed by atoms with Gasteiger partial charge in [-0.05, 0) is 37.5 Å². The summed E-state index contributed by atoms with van der Waals surface area (Å²) in [7, 11) is 0. The maximum Gasteiger partial charge on any atom is 0.268 e. The zero-order valence-corrected chi connectivity index (χ0v) is 17.3. The van der Waals surface area contributed by atoms with Crippen molar-refractivity contribution in [1.29, 1.82) is 0 Å². The van der Waals surface area contributed by atoms with E-state index in [9.17, 15) is 14.7 Å². The van der Waals surface area contributed by atoms with Crippen LogP contribution < -0.4 is 4.74 Å². The fourth-order valence-electron chi connectivity index (χ4n) is 3.97. The van der Waals surface area contributed by atoms with Gasteiger partial charge in [-0.3, -0.25) is 14.5 Å². The summed E-state index contributed by atoms with van der Waals surface area (Å²) in [6.45, 7) is 2.47. The monoisotopic (exact) mass is 403 g/mol. The first-order valence-corrected chi connectivity index (χ1v) is 11.2. The molecule has 1 saturated carbocycles. The van der Waals surface area contributed by atoms with E-state index < -0.39 is 0 Å². The normalized spacial score (nSPS) is 19.1. The Morgan fingerprint density at radius 1 is 1.04 bits per heavy atom. The van der Waals surface area contributed by atoms with Gasteiger partial charge >= 0.3 is 0 Å². The van der Waals surface area contributed by atoms with Gasteiger partial charge in [-0.2, -0.15) is 0 Å². The molecular formula is C22H29NO4S. The molecule has 5 nitrogen and oxygen atoms in total. The first kappa shape index (κ1) is 20.9. The van der Waals surface area contributed by atoms with E-state index in [1.165, 1.54) is 23.1 Å². The Kier molecular flexibility index (Phi) is 7.57. The molecule has 0 atom stereocenters. The first-order valence-electron chi connectivity index (χ1n) is 10.3. The number of ether oxygens (including phenoxy) is 1. The number of aliphatic hydroxyl groups excluding tert-OH is 1. The van der Waals surface area contributed by atoms with Gasteiger partial charge in [0.2, 0.25) is 0 Å². The summed E-state index contributed by atoms with van der Waals surface area (Å²) >= 11 is 1.28. The van der Waals surface area contributed by atoms with Crippen LogP contribution in [0.15, 0.2) is 29.2 Å². The van der Waals surface area contributed by atoms with Crippen molar-refractivity contribution >= 4 is 29.1 Å². The summed E-state index contributed by atoms with van der Waals surface area (Å²) in [6.07, 6.45) is 7.44. The molecule has 0 saturated heterocycles. The molecule has 28 heavy (non-hydrogen) atoms. The van der Waals surface area contributed by atoms with Crippen molar-refractivity contribution in [3.05, 3.63) is 34.7 Å². The quantitative estimate of drug-likeness (QED) is 0.697. The average molecular weight is 404 g/mol. The van der Waals surface area contributed by atoms with Crippen molar-refractivity contribution in [3.8, 4) is 5.75 Å². The first-order chi connectivity index (χ1) is 13.7. The van der Waals surface area contributed by atoms with E-state index in [4.69, 9.17) is 4.74 Å². The van der Waals surface area contributed by atoms with Crippen LogP contribution in [-0.2, 0) is 9.59 Å². The van der Waals surface area contributed by atoms with Crippen molar-refractivity contribution in [1.82, 2.24) is 4.90 Å². The highest BCUT2D eigenvalue weighted by molar-refractivity contribution is 8.04. The summed E-state index contributed by atoms with van der Waals surface area (Å²) < 4.78 is 5.49. The second-order valence-electron chi connectivity index (χ2n) is 7.21. The zero-order chi connectivity index (χ0) is 19.9. The fraction of sp³-hybridized carbons (Fsp3) is 0.545. The van der Waals surface area contributed by atoms with Gasteiger partial charge < -0.3 is 9.84 Å². The van der Waals surface area contributed by atoms with E-state index in [2.05, 4.69) is 0 Å². The van der Waals surface area contributed by atoms with Gasteiger partial charge in [-0.1, -0.05) is 44.2 Å². The number of hydrogen-bond acceptors (Lipinski definition) is 5. The molecule has 152 valence electrons. The molecule has 1 aromatic carbocycles. The van der Waals surface area contributed by atoms with Crippen molar-refractivity contribution in [2.75, 3.05) is 19.0 Å². The average Bonchev–Trinajstić information content (AvgIpc) is 2.91. The lowest BCUT2D eigenvalue weighted by Crippen LogP contribution is -2.41. The molecular weight excluding hydrogens is 374 g/mol. The van der Waals surface area contributed by atoms with Crippen molar-refractivity contribution in [2.45, 2.75) is 57.9 Å². The molecule has 2 amide bonds. The summed E-state index contributed by atoms with van der Waals surface area (Å²) in [6, 6.07) is 7.32. The molecule has 1 N–H and O–H groups in total. The van der Waals surface area contributed by atoms with Crippen LogP contribution in [0.1, 0.15) is 57.4 Å². The molecule has 0 bridgehead atoms. The van der Waals surface area contributed by atoms with Gasteiger partial charge in [-0.15, -0.1) is 11.8 Å². The third-order valence-corrected chi connectivity index (χ3v) is 6.36.